The van der Waals surface area contributed by atoms with Crippen molar-refractivity contribution in [3.63, 3.8) is 0 Å². The molecule has 0 N–H and O–H groups in total. The first-order valence-electron chi connectivity index (χ1n) is 13.0. The Hall–Kier alpha value is -2.45. The molecule has 0 bridgehead atoms. The monoisotopic (exact) mass is 539 g/mol. The molecule has 5 nitrogen and oxygen atoms in total. The Kier molecular flexibility index (Phi) is 7.33. The summed E-state index contributed by atoms with van der Waals surface area (Å²) in [7, 11) is 0. The van der Waals surface area contributed by atoms with E-state index in [-0.39, 0.29) is 16.8 Å². The number of thioether (sulfide) groups is 1. The van der Waals surface area contributed by atoms with Crippen molar-refractivity contribution in [2.24, 2.45) is 11.3 Å². The lowest BCUT2D eigenvalue weighted by molar-refractivity contribution is 0.184. The average molecular weight is 540 g/mol. The molecular formula is C29H34FN3O2S2. The minimum Gasteiger partial charge on any atom is -0.361 e. The fraction of sp³-hybridized carbons (Fsp3) is 0.483. The number of benzene rings is 1. The fourth-order valence-electron chi connectivity index (χ4n) is 5.24. The van der Waals surface area contributed by atoms with Crippen LogP contribution >= 0.6 is 23.1 Å². The van der Waals surface area contributed by atoms with Crippen molar-refractivity contribution in [2.45, 2.75) is 84.2 Å². The minimum absolute atomic E-state index is 0.0408. The Balaban J connectivity index is 1.53. The Morgan fingerprint density at radius 3 is 2.68 bits per heavy atom. The van der Waals surface area contributed by atoms with Gasteiger partial charge in [0.2, 0.25) is 0 Å². The summed E-state index contributed by atoms with van der Waals surface area (Å²) in [6, 6.07) is 6.50. The number of fused-ring (bicyclic) bond motifs is 3. The molecule has 0 fully saturated rings. The summed E-state index contributed by atoms with van der Waals surface area (Å²) in [5, 5.41) is 5.58. The molecule has 0 aliphatic heterocycles. The summed E-state index contributed by atoms with van der Waals surface area (Å²) in [5.74, 6) is 1.79. The second kappa shape index (κ2) is 10.4. The van der Waals surface area contributed by atoms with Crippen LogP contribution in [0, 0.1) is 31.0 Å². The van der Waals surface area contributed by atoms with Crippen molar-refractivity contribution >= 4 is 33.3 Å². The van der Waals surface area contributed by atoms with E-state index in [1.807, 2.05) is 18.4 Å². The molecule has 1 aliphatic rings. The van der Waals surface area contributed by atoms with Crippen LogP contribution in [0.2, 0.25) is 0 Å². The highest BCUT2D eigenvalue weighted by atomic mass is 32.2. The van der Waals surface area contributed by atoms with Gasteiger partial charge in [0.15, 0.2) is 5.16 Å². The van der Waals surface area contributed by atoms with Gasteiger partial charge in [-0.05, 0) is 74.1 Å². The normalized spacial score (nSPS) is 15.9. The minimum atomic E-state index is -0.255. The van der Waals surface area contributed by atoms with Gasteiger partial charge < -0.3 is 4.52 Å². The third kappa shape index (κ3) is 5.15. The van der Waals surface area contributed by atoms with Crippen molar-refractivity contribution in [1.29, 1.82) is 0 Å². The molecule has 3 aromatic heterocycles. The molecule has 196 valence electrons. The second-order valence-corrected chi connectivity index (χ2v) is 12.8. The first-order chi connectivity index (χ1) is 17.7. The largest absolute Gasteiger partial charge is 0.361 e. The van der Waals surface area contributed by atoms with E-state index in [4.69, 9.17) is 9.51 Å². The third-order valence-corrected chi connectivity index (χ3v) is 10.4. The molecule has 0 saturated carbocycles. The van der Waals surface area contributed by atoms with E-state index in [1.54, 1.807) is 35.2 Å². The van der Waals surface area contributed by atoms with Gasteiger partial charge in [0.05, 0.1) is 11.1 Å². The van der Waals surface area contributed by atoms with Gasteiger partial charge in [0.25, 0.3) is 5.56 Å². The number of aryl methyl sites for hydroxylation is 4. The molecule has 1 atom stereocenters. The summed E-state index contributed by atoms with van der Waals surface area (Å²) in [6.07, 6.45) is 4.84. The molecule has 0 saturated heterocycles. The Morgan fingerprint density at radius 2 is 2.00 bits per heavy atom. The molecule has 0 amide bonds. The molecule has 1 aliphatic carbocycles. The van der Waals surface area contributed by atoms with Crippen molar-refractivity contribution in [2.75, 3.05) is 0 Å². The van der Waals surface area contributed by atoms with Crippen LogP contribution in [0.15, 0.2) is 38.7 Å². The topological polar surface area (TPSA) is 60.9 Å². The quantitative estimate of drug-likeness (QED) is 0.174. The van der Waals surface area contributed by atoms with Crippen molar-refractivity contribution in [3.05, 3.63) is 73.5 Å². The summed E-state index contributed by atoms with van der Waals surface area (Å²) in [6.45, 7) is 11.3. The van der Waals surface area contributed by atoms with E-state index in [0.717, 1.165) is 58.5 Å². The zero-order valence-electron chi connectivity index (χ0n) is 22.2. The number of hydrogen-bond acceptors (Lipinski definition) is 6. The zero-order chi connectivity index (χ0) is 26.3. The Morgan fingerprint density at radius 1 is 1.24 bits per heavy atom. The Labute approximate surface area is 225 Å². The molecule has 37 heavy (non-hydrogen) atoms. The lowest BCUT2D eigenvalue weighted by Crippen LogP contribution is -2.29. The van der Waals surface area contributed by atoms with Crippen LogP contribution < -0.4 is 5.56 Å². The summed E-state index contributed by atoms with van der Waals surface area (Å²) >= 11 is 3.26. The second-order valence-electron chi connectivity index (χ2n) is 10.8. The molecule has 4 aromatic rings. The first kappa shape index (κ1) is 26.2. The van der Waals surface area contributed by atoms with Crippen LogP contribution in [0.1, 0.15) is 66.6 Å². The highest BCUT2D eigenvalue weighted by Gasteiger charge is 2.34. The van der Waals surface area contributed by atoms with E-state index in [0.29, 0.717) is 29.8 Å². The molecular weight excluding hydrogens is 505 g/mol. The Bertz CT molecular complexity index is 1460. The molecule has 0 spiro atoms. The third-order valence-electron chi connectivity index (χ3n) is 8.21. The van der Waals surface area contributed by atoms with Gasteiger partial charge in [-0.25, -0.2) is 9.37 Å². The molecule has 1 aromatic carbocycles. The predicted octanol–water partition coefficient (Wildman–Crippen LogP) is 7.28. The highest BCUT2D eigenvalue weighted by Crippen LogP contribution is 2.44. The maximum atomic E-state index is 14.0. The van der Waals surface area contributed by atoms with E-state index >= 15 is 0 Å². The number of aromatic nitrogens is 3. The number of halogens is 1. The number of nitrogens with zero attached hydrogens (tertiary/aromatic N) is 3. The fourth-order valence-corrected chi connectivity index (χ4v) is 7.76. The van der Waals surface area contributed by atoms with Gasteiger partial charge in [-0.2, -0.15) is 0 Å². The van der Waals surface area contributed by atoms with Crippen LogP contribution in [0.3, 0.4) is 0 Å². The van der Waals surface area contributed by atoms with Gasteiger partial charge >= 0.3 is 0 Å². The molecule has 8 heteroatoms. The highest BCUT2D eigenvalue weighted by molar-refractivity contribution is 7.98. The number of hydrogen-bond donors (Lipinski definition) is 0. The maximum Gasteiger partial charge on any atom is 0.263 e. The SMILES string of the molecule is CCC(C)(C)[C@H]1CCc2c(sc3nc(SCc4c(C)noc4C)n(CCc4ccc(F)cc4)c(=O)c23)C1. The average Bonchev–Trinajstić information content (AvgIpc) is 3.41. The standard InChI is InChI=1S/C29H34FN3O2S2/c1-6-29(4,5)20-9-12-22-24(15-20)37-26-25(22)27(34)33(14-13-19-7-10-21(30)11-8-19)28(31-26)36-16-23-17(2)32-35-18(23)3/h7-8,10-11,20H,6,9,12-16H2,1-5H3/t20-/m0/s1. The smallest absolute Gasteiger partial charge is 0.263 e. The van der Waals surface area contributed by atoms with Crippen LogP contribution in [0.25, 0.3) is 10.2 Å². The van der Waals surface area contributed by atoms with Gasteiger partial charge in [0.1, 0.15) is 16.4 Å². The summed E-state index contributed by atoms with van der Waals surface area (Å²) < 4.78 is 20.6. The van der Waals surface area contributed by atoms with Gasteiger partial charge in [-0.1, -0.05) is 56.2 Å². The van der Waals surface area contributed by atoms with Crippen LogP contribution in [0.5, 0.6) is 0 Å². The van der Waals surface area contributed by atoms with Crippen LogP contribution in [0.4, 0.5) is 4.39 Å². The van der Waals surface area contributed by atoms with Gasteiger partial charge in [-0.15, -0.1) is 11.3 Å². The lowest BCUT2D eigenvalue weighted by atomic mass is 9.70. The van der Waals surface area contributed by atoms with E-state index in [1.165, 1.54) is 22.6 Å². The number of thiophene rings is 1. The van der Waals surface area contributed by atoms with E-state index in [2.05, 4.69) is 25.9 Å². The molecule has 5 rings (SSSR count). The summed E-state index contributed by atoms with van der Waals surface area (Å²) in [4.78, 5) is 21.3. The van der Waals surface area contributed by atoms with Crippen molar-refractivity contribution < 1.29 is 8.91 Å². The van der Waals surface area contributed by atoms with E-state index < -0.39 is 0 Å². The first-order valence-corrected chi connectivity index (χ1v) is 14.8. The maximum absolute atomic E-state index is 14.0. The van der Waals surface area contributed by atoms with Gasteiger partial charge in [-0.3, -0.25) is 9.36 Å². The lowest BCUT2D eigenvalue weighted by Gasteiger charge is -2.36. The molecule has 0 unspecified atom stereocenters. The summed E-state index contributed by atoms with van der Waals surface area (Å²) in [5.41, 5.74) is 4.43. The number of rotatable bonds is 8. The van der Waals surface area contributed by atoms with Gasteiger partial charge in [0, 0.05) is 22.7 Å². The van der Waals surface area contributed by atoms with Crippen molar-refractivity contribution in [1.82, 2.24) is 14.7 Å². The van der Waals surface area contributed by atoms with Crippen LogP contribution in [-0.2, 0) is 31.6 Å². The van der Waals surface area contributed by atoms with E-state index in [9.17, 15) is 9.18 Å². The molecule has 0 radical (unpaired) electrons. The molecule has 3 heterocycles. The predicted molar refractivity (Wildman–Crippen MR) is 149 cm³/mol. The zero-order valence-corrected chi connectivity index (χ0v) is 23.8. The van der Waals surface area contributed by atoms with Crippen molar-refractivity contribution in [3.8, 4) is 0 Å². The van der Waals surface area contributed by atoms with Crippen LogP contribution in [-0.4, -0.2) is 14.7 Å².